The Labute approximate surface area is 199 Å². The topological polar surface area (TPSA) is 98.1 Å². The molecule has 2 aromatic carbocycles. The number of ether oxygens (including phenoxy) is 1. The van der Waals surface area contributed by atoms with E-state index in [1.165, 1.54) is 24.5 Å². The van der Waals surface area contributed by atoms with Crippen molar-refractivity contribution in [2.24, 2.45) is 7.05 Å². The average Bonchev–Trinajstić information content (AvgIpc) is 3.14. The van der Waals surface area contributed by atoms with E-state index in [1.807, 2.05) is 12.1 Å². The number of amides is 2. The van der Waals surface area contributed by atoms with Gasteiger partial charge in [-0.15, -0.1) is 0 Å². The first-order chi connectivity index (χ1) is 16.4. The molecule has 174 valence electrons. The number of benzene rings is 2. The molecular formula is C24H21ClFN5O3. The maximum absolute atomic E-state index is 13.4. The third kappa shape index (κ3) is 4.99. The molecule has 2 aromatic heterocycles. The fraction of sp³-hybridized carbons (Fsp3) is 0.167. The minimum Gasteiger partial charge on any atom is -0.497 e. The number of aromatic nitrogens is 3. The second-order valence-corrected chi connectivity index (χ2v) is 7.99. The van der Waals surface area contributed by atoms with Gasteiger partial charge >= 0.3 is 0 Å². The lowest BCUT2D eigenvalue weighted by Crippen LogP contribution is -2.24. The number of methoxy groups -OCH3 is 1. The van der Waals surface area contributed by atoms with Crippen LogP contribution < -0.4 is 15.4 Å². The van der Waals surface area contributed by atoms with Gasteiger partial charge in [-0.2, -0.15) is 0 Å². The van der Waals surface area contributed by atoms with Gasteiger partial charge in [0.25, 0.3) is 5.91 Å². The highest BCUT2D eigenvalue weighted by atomic mass is 35.5. The zero-order valence-corrected chi connectivity index (χ0v) is 19.2. The second kappa shape index (κ2) is 9.88. The van der Waals surface area contributed by atoms with E-state index in [0.29, 0.717) is 28.0 Å². The van der Waals surface area contributed by atoms with Crippen molar-refractivity contribution in [3.8, 4) is 5.75 Å². The summed E-state index contributed by atoms with van der Waals surface area (Å²) >= 11 is 5.80. The monoisotopic (exact) mass is 481 g/mol. The van der Waals surface area contributed by atoms with Crippen LogP contribution in [0.4, 0.5) is 10.1 Å². The van der Waals surface area contributed by atoms with Gasteiger partial charge in [0.1, 0.15) is 28.9 Å². The first-order valence-corrected chi connectivity index (χ1v) is 10.7. The summed E-state index contributed by atoms with van der Waals surface area (Å²) in [4.78, 5) is 33.9. The molecule has 0 bridgehead atoms. The summed E-state index contributed by atoms with van der Waals surface area (Å²) in [7, 11) is 3.30. The van der Waals surface area contributed by atoms with E-state index in [1.54, 1.807) is 37.1 Å². The Balaban J connectivity index is 1.51. The Kier molecular flexibility index (Phi) is 6.74. The van der Waals surface area contributed by atoms with Crippen LogP contribution in [0.25, 0.3) is 11.0 Å². The zero-order chi connectivity index (χ0) is 24.2. The van der Waals surface area contributed by atoms with Crippen LogP contribution in [0.15, 0.2) is 55.0 Å². The van der Waals surface area contributed by atoms with Crippen molar-refractivity contribution in [2.75, 3.05) is 12.4 Å². The smallest absolute Gasteiger partial charge is 0.272 e. The van der Waals surface area contributed by atoms with Gasteiger partial charge in [-0.25, -0.2) is 14.4 Å². The fourth-order valence-corrected chi connectivity index (χ4v) is 3.77. The third-order valence-electron chi connectivity index (χ3n) is 5.18. The van der Waals surface area contributed by atoms with E-state index in [2.05, 4.69) is 20.6 Å². The van der Waals surface area contributed by atoms with Crippen LogP contribution in [0.5, 0.6) is 5.75 Å². The fourth-order valence-electron chi connectivity index (χ4n) is 3.56. The highest BCUT2D eigenvalue weighted by Gasteiger charge is 2.19. The number of nitrogens with one attached hydrogen (secondary N) is 2. The Morgan fingerprint density at radius 2 is 1.97 bits per heavy atom. The predicted octanol–water partition coefficient (Wildman–Crippen LogP) is 3.88. The van der Waals surface area contributed by atoms with Crippen molar-refractivity contribution >= 4 is 40.1 Å². The number of aryl methyl sites for hydroxylation is 1. The van der Waals surface area contributed by atoms with Crippen LogP contribution in [0.3, 0.4) is 0 Å². The minimum atomic E-state index is -0.529. The van der Waals surface area contributed by atoms with Crippen molar-refractivity contribution in [3.05, 3.63) is 82.6 Å². The van der Waals surface area contributed by atoms with Crippen molar-refractivity contribution in [3.63, 3.8) is 0 Å². The number of halogens is 2. The van der Waals surface area contributed by atoms with Crippen LogP contribution in [0.1, 0.15) is 21.6 Å². The number of carbonyl (C=O) groups excluding carboxylic acids is 2. The van der Waals surface area contributed by atoms with E-state index in [-0.39, 0.29) is 29.6 Å². The van der Waals surface area contributed by atoms with Gasteiger partial charge in [0.15, 0.2) is 5.69 Å². The molecule has 2 amide bonds. The van der Waals surface area contributed by atoms with E-state index in [9.17, 15) is 14.0 Å². The largest absolute Gasteiger partial charge is 0.497 e. The summed E-state index contributed by atoms with van der Waals surface area (Å²) in [5, 5.41) is 5.59. The summed E-state index contributed by atoms with van der Waals surface area (Å²) in [5.74, 6) is -0.539. The molecule has 4 rings (SSSR count). The predicted molar refractivity (Wildman–Crippen MR) is 126 cm³/mol. The SMILES string of the molecule is COc1cccc(CC(=O)Nc2cn(C)c3c(C(=O)NCc4ccc(F)c(Cl)c4)ncnc23)c1. The summed E-state index contributed by atoms with van der Waals surface area (Å²) < 4.78 is 20.2. The van der Waals surface area contributed by atoms with Crippen LogP contribution >= 0.6 is 11.6 Å². The van der Waals surface area contributed by atoms with Crippen LogP contribution in [-0.4, -0.2) is 33.5 Å². The molecule has 2 heterocycles. The van der Waals surface area contributed by atoms with E-state index < -0.39 is 11.7 Å². The first-order valence-electron chi connectivity index (χ1n) is 10.3. The molecule has 2 N–H and O–H groups in total. The molecule has 8 nitrogen and oxygen atoms in total. The average molecular weight is 482 g/mol. The van der Waals surface area contributed by atoms with E-state index >= 15 is 0 Å². The molecule has 0 aliphatic heterocycles. The highest BCUT2D eigenvalue weighted by Crippen LogP contribution is 2.25. The minimum absolute atomic E-state index is 0.0204. The van der Waals surface area contributed by atoms with E-state index in [4.69, 9.17) is 16.3 Å². The lowest BCUT2D eigenvalue weighted by Gasteiger charge is -2.08. The molecular weight excluding hydrogens is 461 g/mol. The van der Waals surface area contributed by atoms with Crippen molar-refractivity contribution in [1.82, 2.24) is 19.9 Å². The number of carbonyl (C=O) groups is 2. The normalized spacial score (nSPS) is 10.8. The van der Waals surface area contributed by atoms with Crippen molar-refractivity contribution in [2.45, 2.75) is 13.0 Å². The standard InChI is InChI=1S/C24H21ClFN5O3/c1-31-12-19(30-20(32)10-14-4-3-5-16(8-14)34-2)21-23(31)22(29-13-28-21)24(33)27-11-15-6-7-18(26)17(25)9-15/h3-9,12-13H,10-11H2,1-2H3,(H,27,33)(H,30,32). The van der Waals surface area contributed by atoms with Crippen LogP contribution in [0, 0.1) is 5.82 Å². The number of hydrogen-bond acceptors (Lipinski definition) is 5. The van der Waals surface area contributed by atoms with Gasteiger partial charge in [0, 0.05) is 19.8 Å². The Bertz CT molecular complexity index is 1390. The second-order valence-electron chi connectivity index (χ2n) is 7.58. The molecule has 0 aliphatic rings. The molecule has 0 fully saturated rings. The lowest BCUT2D eigenvalue weighted by atomic mass is 10.1. The number of anilines is 1. The molecule has 0 radical (unpaired) electrons. The number of rotatable bonds is 7. The van der Waals surface area contributed by atoms with Gasteiger partial charge in [0.2, 0.25) is 5.91 Å². The van der Waals surface area contributed by atoms with Gasteiger partial charge < -0.3 is 19.9 Å². The Morgan fingerprint density at radius 1 is 1.15 bits per heavy atom. The number of fused-ring (bicyclic) bond motifs is 1. The van der Waals surface area contributed by atoms with Gasteiger partial charge in [-0.05, 0) is 35.4 Å². The maximum Gasteiger partial charge on any atom is 0.272 e. The molecule has 0 unspecified atom stereocenters. The Hall–Kier alpha value is -3.98. The van der Waals surface area contributed by atoms with Crippen molar-refractivity contribution in [1.29, 1.82) is 0 Å². The maximum atomic E-state index is 13.4. The van der Waals surface area contributed by atoms with Crippen LogP contribution in [0.2, 0.25) is 5.02 Å². The molecule has 0 aliphatic carbocycles. The number of nitrogens with zero attached hydrogens (tertiary/aromatic N) is 3. The molecule has 0 spiro atoms. The first kappa shape index (κ1) is 23.2. The molecule has 0 atom stereocenters. The molecule has 4 aromatic rings. The summed E-state index contributed by atoms with van der Waals surface area (Å²) in [6.07, 6.45) is 3.09. The van der Waals surface area contributed by atoms with E-state index in [0.717, 1.165) is 5.56 Å². The van der Waals surface area contributed by atoms with Crippen molar-refractivity contribution < 1.29 is 18.7 Å². The van der Waals surface area contributed by atoms with Crippen LogP contribution in [-0.2, 0) is 24.8 Å². The quantitative estimate of drug-likeness (QED) is 0.417. The zero-order valence-electron chi connectivity index (χ0n) is 18.4. The third-order valence-corrected chi connectivity index (χ3v) is 5.47. The Morgan fingerprint density at radius 3 is 2.74 bits per heavy atom. The number of hydrogen-bond donors (Lipinski definition) is 2. The van der Waals surface area contributed by atoms with Gasteiger partial charge in [0.05, 0.1) is 24.2 Å². The molecule has 0 saturated carbocycles. The molecule has 0 saturated heterocycles. The molecule has 34 heavy (non-hydrogen) atoms. The summed E-state index contributed by atoms with van der Waals surface area (Å²) in [6.45, 7) is 0.138. The van der Waals surface area contributed by atoms with Gasteiger partial charge in [-0.3, -0.25) is 9.59 Å². The summed E-state index contributed by atoms with van der Waals surface area (Å²) in [6, 6.07) is 11.5. The highest BCUT2D eigenvalue weighted by molar-refractivity contribution is 6.30. The van der Waals surface area contributed by atoms with Gasteiger partial charge in [-0.1, -0.05) is 29.8 Å². The molecule has 10 heteroatoms. The lowest BCUT2D eigenvalue weighted by molar-refractivity contribution is -0.115. The summed E-state index contributed by atoms with van der Waals surface area (Å²) in [5.41, 5.74) is 2.96.